The van der Waals surface area contributed by atoms with E-state index in [4.69, 9.17) is 0 Å². The number of hydrogen-bond donors (Lipinski definition) is 1. The fourth-order valence-electron chi connectivity index (χ4n) is 1.86. The van der Waals surface area contributed by atoms with Crippen molar-refractivity contribution in [2.75, 3.05) is 5.32 Å². The third kappa shape index (κ3) is 2.92. The number of halogens is 1. The quantitative estimate of drug-likeness (QED) is 0.881. The van der Waals surface area contributed by atoms with Gasteiger partial charge in [0.25, 0.3) is 0 Å². The molecule has 92 valence electrons. The molecule has 0 radical (unpaired) electrons. The molecule has 0 aliphatic rings. The summed E-state index contributed by atoms with van der Waals surface area (Å²) in [6, 6.07) is 12.0. The molecule has 18 heavy (non-hydrogen) atoms. The molecule has 0 saturated carbocycles. The van der Waals surface area contributed by atoms with Crippen LogP contribution in [0.2, 0.25) is 0 Å². The second-order valence-corrected chi connectivity index (χ2v) is 6.46. The van der Waals surface area contributed by atoms with Crippen LogP contribution in [0.25, 0.3) is 0 Å². The normalized spacial score (nSPS) is 11.9. The minimum Gasteiger partial charge on any atom is -0.366 e. The number of hydrogen-bond acceptors (Lipinski definition) is 3. The summed E-state index contributed by atoms with van der Waals surface area (Å²) in [5.74, 6) is 0. The Morgan fingerprint density at radius 1 is 1.33 bits per heavy atom. The summed E-state index contributed by atoms with van der Waals surface area (Å²) in [6.45, 7) is 4.12. The number of benzene rings is 1. The minimum absolute atomic E-state index is 0.302. The lowest BCUT2D eigenvalue weighted by Crippen LogP contribution is -2.08. The van der Waals surface area contributed by atoms with Gasteiger partial charge >= 0.3 is 0 Å². The first kappa shape index (κ1) is 13.1. The lowest BCUT2D eigenvalue weighted by atomic mass is 10.1. The number of nitrogens with zero attached hydrogens (tertiary/aromatic N) is 1. The van der Waals surface area contributed by atoms with Gasteiger partial charge in [0.15, 0.2) is 0 Å². The van der Waals surface area contributed by atoms with Gasteiger partial charge in [-0.3, -0.25) is 0 Å². The Bertz CT molecular complexity index is 598. The van der Waals surface area contributed by atoms with Crippen LogP contribution >= 0.6 is 27.3 Å². The summed E-state index contributed by atoms with van der Waals surface area (Å²) >= 11 is 5.15. The topological polar surface area (TPSA) is 35.8 Å². The number of nitriles is 1. The third-order valence-electron chi connectivity index (χ3n) is 2.66. The predicted molar refractivity (Wildman–Crippen MR) is 79.9 cm³/mol. The highest BCUT2D eigenvalue weighted by Crippen LogP contribution is 2.29. The highest BCUT2D eigenvalue weighted by molar-refractivity contribution is 9.10. The summed E-state index contributed by atoms with van der Waals surface area (Å²) in [5.41, 5.74) is 2.01. The summed E-state index contributed by atoms with van der Waals surface area (Å²) in [5, 5.41) is 12.6. The molecule has 1 aromatic heterocycles. The Morgan fingerprint density at radius 3 is 2.67 bits per heavy atom. The van der Waals surface area contributed by atoms with E-state index in [-0.39, 0.29) is 6.04 Å². The Hall–Kier alpha value is -1.31. The lowest BCUT2D eigenvalue weighted by molar-refractivity contribution is 0.993. The largest absolute Gasteiger partial charge is 0.366 e. The molecule has 0 fully saturated rings. The number of thiophene rings is 1. The molecule has 1 atom stereocenters. The molecule has 1 heterocycles. The lowest BCUT2D eigenvalue weighted by Gasteiger charge is -2.13. The van der Waals surface area contributed by atoms with Crippen LogP contribution in [0.15, 0.2) is 34.8 Å². The minimum atomic E-state index is -0.302. The maximum atomic E-state index is 9.32. The van der Waals surface area contributed by atoms with Gasteiger partial charge in [-0.15, -0.1) is 11.3 Å². The summed E-state index contributed by atoms with van der Waals surface area (Å²) in [7, 11) is 0. The van der Waals surface area contributed by atoms with Gasteiger partial charge in [-0.05, 0) is 38.1 Å². The molecule has 1 unspecified atom stereocenters. The molecule has 0 bridgehead atoms. The second kappa shape index (κ2) is 5.55. The van der Waals surface area contributed by atoms with Crippen molar-refractivity contribution in [3.05, 3.63) is 50.1 Å². The van der Waals surface area contributed by atoms with Crippen LogP contribution in [0.4, 0.5) is 5.69 Å². The van der Waals surface area contributed by atoms with Crippen molar-refractivity contribution in [1.29, 1.82) is 5.26 Å². The van der Waals surface area contributed by atoms with Gasteiger partial charge in [0.1, 0.15) is 6.04 Å². The van der Waals surface area contributed by atoms with E-state index in [1.54, 1.807) is 11.3 Å². The van der Waals surface area contributed by atoms with Crippen molar-refractivity contribution >= 4 is 33.0 Å². The summed E-state index contributed by atoms with van der Waals surface area (Å²) in [6.07, 6.45) is 0. The van der Waals surface area contributed by atoms with E-state index in [1.807, 2.05) is 24.3 Å². The molecule has 0 aliphatic heterocycles. The number of nitrogens with one attached hydrogen (secondary N) is 1. The van der Waals surface area contributed by atoms with Crippen LogP contribution in [0.3, 0.4) is 0 Å². The van der Waals surface area contributed by atoms with Gasteiger partial charge in [-0.25, -0.2) is 0 Å². The maximum Gasteiger partial charge on any atom is 0.141 e. The first-order chi connectivity index (χ1) is 8.60. The van der Waals surface area contributed by atoms with Gasteiger partial charge in [0.05, 0.1) is 6.07 Å². The van der Waals surface area contributed by atoms with E-state index in [1.165, 1.54) is 9.75 Å². The molecule has 4 heteroatoms. The van der Waals surface area contributed by atoms with Crippen LogP contribution in [-0.4, -0.2) is 0 Å². The Labute approximate surface area is 119 Å². The number of aryl methyl sites for hydroxylation is 2. The fourth-order valence-corrected chi connectivity index (χ4v) is 3.22. The average Bonchev–Trinajstić information content (AvgIpc) is 2.65. The van der Waals surface area contributed by atoms with Crippen LogP contribution < -0.4 is 5.32 Å². The standard InChI is InChI=1S/C14H13BrN2S/c1-9-6-13(10(2)18-9)14(8-16)17-12-5-3-4-11(15)7-12/h3-7,14,17H,1-2H3. The highest BCUT2D eigenvalue weighted by atomic mass is 79.9. The Kier molecular flexibility index (Phi) is 4.05. The molecule has 0 saturated heterocycles. The van der Waals surface area contributed by atoms with Crippen molar-refractivity contribution in [2.45, 2.75) is 19.9 Å². The molecular weight excluding hydrogens is 308 g/mol. The van der Waals surface area contributed by atoms with Gasteiger partial charge in [-0.2, -0.15) is 5.26 Å². The van der Waals surface area contributed by atoms with Crippen molar-refractivity contribution in [1.82, 2.24) is 0 Å². The SMILES string of the molecule is Cc1cc(C(C#N)Nc2cccc(Br)c2)c(C)s1. The monoisotopic (exact) mass is 320 g/mol. The van der Waals surface area contributed by atoms with Gasteiger partial charge in [0.2, 0.25) is 0 Å². The maximum absolute atomic E-state index is 9.32. The van der Waals surface area contributed by atoms with E-state index in [0.717, 1.165) is 15.7 Å². The zero-order chi connectivity index (χ0) is 13.1. The van der Waals surface area contributed by atoms with E-state index >= 15 is 0 Å². The molecule has 0 amide bonds. The van der Waals surface area contributed by atoms with Gasteiger partial charge in [-0.1, -0.05) is 22.0 Å². The first-order valence-electron chi connectivity index (χ1n) is 5.59. The zero-order valence-corrected chi connectivity index (χ0v) is 12.6. The highest BCUT2D eigenvalue weighted by Gasteiger charge is 2.15. The Morgan fingerprint density at radius 2 is 2.11 bits per heavy atom. The zero-order valence-electron chi connectivity index (χ0n) is 10.2. The van der Waals surface area contributed by atoms with Crippen molar-refractivity contribution in [3.8, 4) is 6.07 Å². The molecule has 2 rings (SSSR count). The molecule has 2 nitrogen and oxygen atoms in total. The van der Waals surface area contributed by atoms with Crippen LogP contribution in [0.5, 0.6) is 0 Å². The third-order valence-corrected chi connectivity index (χ3v) is 4.13. The number of rotatable bonds is 3. The summed E-state index contributed by atoms with van der Waals surface area (Å²) < 4.78 is 1.00. The van der Waals surface area contributed by atoms with Crippen LogP contribution in [0.1, 0.15) is 21.4 Å². The molecule has 1 N–H and O–H groups in total. The van der Waals surface area contributed by atoms with E-state index in [9.17, 15) is 5.26 Å². The van der Waals surface area contributed by atoms with Crippen molar-refractivity contribution in [3.63, 3.8) is 0 Å². The first-order valence-corrected chi connectivity index (χ1v) is 7.20. The van der Waals surface area contributed by atoms with Crippen LogP contribution in [-0.2, 0) is 0 Å². The molecule has 0 aliphatic carbocycles. The second-order valence-electron chi connectivity index (χ2n) is 4.09. The van der Waals surface area contributed by atoms with E-state index < -0.39 is 0 Å². The number of anilines is 1. The van der Waals surface area contributed by atoms with E-state index in [0.29, 0.717) is 0 Å². The van der Waals surface area contributed by atoms with Gasteiger partial charge < -0.3 is 5.32 Å². The smallest absolute Gasteiger partial charge is 0.141 e. The van der Waals surface area contributed by atoms with Crippen molar-refractivity contribution in [2.24, 2.45) is 0 Å². The molecule has 0 spiro atoms. The van der Waals surface area contributed by atoms with Crippen molar-refractivity contribution < 1.29 is 0 Å². The van der Waals surface area contributed by atoms with Gasteiger partial charge in [0, 0.05) is 25.5 Å². The Balaban J connectivity index is 2.26. The summed E-state index contributed by atoms with van der Waals surface area (Å²) in [4.78, 5) is 2.43. The molecule has 2 aromatic rings. The average molecular weight is 321 g/mol. The van der Waals surface area contributed by atoms with Crippen LogP contribution in [0, 0.1) is 25.2 Å². The predicted octanol–water partition coefficient (Wildman–Crippen LogP) is 4.80. The molecular formula is C14H13BrN2S. The van der Waals surface area contributed by atoms with E-state index in [2.05, 4.69) is 47.2 Å². The fraction of sp³-hybridized carbons (Fsp3) is 0.214. The molecule has 1 aromatic carbocycles.